The molecule has 0 spiro atoms. The third kappa shape index (κ3) is 4.29. The molecule has 5 heteroatoms. The minimum absolute atomic E-state index is 0.0846. The highest BCUT2D eigenvalue weighted by molar-refractivity contribution is 5.78. The SMILES string of the molecule is NC(CCC(=O)NC1CCCC1)C(=O)O. The van der Waals surface area contributed by atoms with Crippen LogP contribution in [-0.4, -0.2) is 29.1 Å². The van der Waals surface area contributed by atoms with Crippen LogP contribution in [0.1, 0.15) is 38.5 Å². The second kappa shape index (κ2) is 5.70. The maximum Gasteiger partial charge on any atom is 0.320 e. The van der Waals surface area contributed by atoms with E-state index in [4.69, 9.17) is 10.8 Å². The smallest absolute Gasteiger partial charge is 0.320 e. The van der Waals surface area contributed by atoms with E-state index in [1.165, 1.54) is 12.8 Å². The first kappa shape index (κ1) is 12.0. The minimum Gasteiger partial charge on any atom is -0.480 e. The van der Waals surface area contributed by atoms with Crippen LogP contribution in [0.25, 0.3) is 0 Å². The van der Waals surface area contributed by atoms with Crippen molar-refractivity contribution < 1.29 is 14.7 Å². The van der Waals surface area contributed by atoms with Gasteiger partial charge in [0.05, 0.1) is 0 Å². The molecule has 0 bridgehead atoms. The number of hydrogen-bond donors (Lipinski definition) is 3. The second-order valence-electron chi connectivity index (χ2n) is 4.03. The molecular weight excluding hydrogens is 196 g/mol. The first-order valence-electron chi connectivity index (χ1n) is 5.37. The highest BCUT2D eigenvalue weighted by Crippen LogP contribution is 2.17. The number of rotatable bonds is 5. The van der Waals surface area contributed by atoms with Crippen molar-refractivity contribution in [3.05, 3.63) is 0 Å². The van der Waals surface area contributed by atoms with Crippen molar-refractivity contribution in [2.45, 2.75) is 50.6 Å². The number of aliphatic carboxylic acids is 1. The van der Waals surface area contributed by atoms with E-state index in [1.54, 1.807) is 0 Å². The van der Waals surface area contributed by atoms with Crippen molar-refractivity contribution >= 4 is 11.9 Å². The van der Waals surface area contributed by atoms with Crippen molar-refractivity contribution in [2.75, 3.05) is 0 Å². The van der Waals surface area contributed by atoms with Crippen LogP contribution in [0.15, 0.2) is 0 Å². The molecule has 1 aliphatic carbocycles. The number of nitrogens with one attached hydrogen (secondary N) is 1. The highest BCUT2D eigenvalue weighted by atomic mass is 16.4. The Bertz CT molecular complexity index is 237. The fraction of sp³-hybridized carbons (Fsp3) is 0.800. The molecule has 1 atom stereocenters. The summed E-state index contributed by atoms with van der Waals surface area (Å²) in [6.07, 6.45) is 4.81. The predicted octanol–water partition coefficient (Wildman–Crippen LogP) is 0.237. The third-order valence-corrected chi connectivity index (χ3v) is 2.72. The maximum absolute atomic E-state index is 11.4. The topological polar surface area (TPSA) is 92.4 Å². The molecule has 0 radical (unpaired) electrons. The van der Waals surface area contributed by atoms with Crippen molar-refractivity contribution in [1.29, 1.82) is 0 Å². The van der Waals surface area contributed by atoms with Gasteiger partial charge in [-0.05, 0) is 19.3 Å². The molecule has 1 unspecified atom stereocenters. The number of carboxylic acids is 1. The van der Waals surface area contributed by atoms with E-state index in [2.05, 4.69) is 5.32 Å². The normalized spacial score (nSPS) is 18.7. The summed E-state index contributed by atoms with van der Waals surface area (Å²) in [4.78, 5) is 21.8. The lowest BCUT2D eigenvalue weighted by molar-refractivity contribution is -0.138. The molecular formula is C10H18N2O3. The molecule has 1 amide bonds. The Morgan fingerprint density at radius 2 is 2.00 bits per heavy atom. The molecule has 0 aromatic rings. The molecule has 0 aliphatic heterocycles. The van der Waals surface area contributed by atoms with E-state index in [0.717, 1.165) is 12.8 Å². The lowest BCUT2D eigenvalue weighted by Crippen LogP contribution is -2.35. The van der Waals surface area contributed by atoms with E-state index in [1.807, 2.05) is 0 Å². The summed E-state index contributed by atoms with van der Waals surface area (Å²) in [5.41, 5.74) is 5.29. The highest BCUT2D eigenvalue weighted by Gasteiger charge is 2.18. The van der Waals surface area contributed by atoms with Gasteiger partial charge in [0.2, 0.25) is 5.91 Å². The number of amides is 1. The first-order valence-corrected chi connectivity index (χ1v) is 5.37. The number of carbonyl (C=O) groups excluding carboxylic acids is 1. The Morgan fingerprint density at radius 3 is 2.53 bits per heavy atom. The van der Waals surface area contributed by atoms with Gasteiger partial charge in [-0.3, -0.25) is 9.59 Å². The third-order valence-electron chi connectivity index (χ3n) is 2.72. The average Bonchev–Trinajstić information content (AvgIpc) is 2.66. The zero-order valence-electron chi connectivity index (χ0n) is 8.74. The Labute approximate surface area is 89.0 Å². The summed E-state index contributed by atoms with van der Waals surface area (Å²) in [5.74, 6) is -1.14. The van der Waals surface area contributed by atoms with Gasteiger partial charge < -0.3 is 16.2 Å². The molecule has 1 fully saturated rings. The second-order valence-corrected chi connectivity index (χ2v) is 4.03. The maximum atomic E-state index is 11.4. The zero-order valence-corrected chi connectivity index (χ0v) is 8.74. The van der Waals surface area contributed by atoms with Crippen LogP contribution in [0.5, 0.6) is 0 Å². The van der Waals surface area contributed by atoms with Gasteiger partial charge in [-0.25, -0.2) is 0 Å². The number of carbonyl (C=O) groups is 2. The van der Waals surface area contributed by atoms with Crippen LogP contribution >= 0.6 is 0 Å². The molecule has 0 saturated heterocycles. The molecule has 0 aromatic heterocycles. The van der Waals surface area contributed by atoms with Gasteiger partial charge in [0.25, 0.3) is 0 Å². The fourth-order valence-electron chi connectivity index (χ4n) is 1.78. The Balaban J connectivity index is 2.15. The van der Waals surface area contributed by atoms with Crippen molar-refractivity contribution in [2.24, 2.45) is 5.73 Å². The van der Waals surface area contributed by atoms with E-state index in [-0.39, 0.29) is 18.7 Å². The molecule has 15 heavy (non-hydrogen) atoms. The molecule has 5 nitrogen and oxygen atoms in total. The molecule has 0 heterocycles. The van der Waals surface area contributed by atoms with Gasteiger partial charge in [-0.1, -0.05) is 12.8 Å². The summed E-state index contributed by atoms with van der Waals surface area (Å²) in [7, 11) is 0. The average molecular weight is 214 g/mol. The largest absolute Gasteiger partial charge is 0.480 e. The van der Waals surface area contributed by atoms with Crippen molar-refractivity contribution in [1.82, 2.24) is 5.32 Å². The van der Waals surface area contributed by atoms with Crippen LogP contribution < -0.4 is 11.1 Å². The van der Waals surface area contributed by atoms with Gasteiger partial charge >= 0.3 is 5.97 Å². The van der Waals surface area contributed by atoms with E-state index >= 15 is 0 Å². The summed E-state index contributed by atoms with van der Waals surface area (Å²) in [5, 5.41) is 11.4. The summed E-state index contributed by atoms with van der Waals surface area (Å²) in [6.45, 7) is 0. The van der Waals surface area contributed by atoms with Crippen LogP contribution in [0.2, 0.25) is 0 Å². The van der Waals surface area contributed by atoms with Crippen molar-refractivity contribution in [3.8, 4) is 0 Å². The quantitative estimate of drug-likeness (QED) is 0.611. The lowest BCUT2D eigenvalue weighted by Gasteiger charge is -2.12. The van der Waals surface area contributed by atoms with Gasteiger partial charge in [-0.15, -0.1) is 0 Å². The fourth-order valence-corrected chi connectivity index (χ4v) is 1.78. The first-order chi connectivity index (χ1) is 7.09. The monoisotopic (exact) mass is 214 g/mol. The van der Waals surface area contributed by atoms with E-state index < -0.39 is 12.0 Å². The Kier molecular flexibility index (Phi) is 4.55. The molecule has 4 N–H and O–H groups in total. The summed E-state index contributed by atoms with van der Waals surface area (Å²) < 4.78 is 0. The van der Waals surface area contributed by atoms with Gasteiger partial charge in [-0.2, -0.15) is 0 Å². The lowest BCUT2D eigenvalue weighted by atomic mass is 10.1. The molecule has 0 aromatic carbocycles. The van der Waals surface area contributed by atoms with Gasteiger partial charge in [0.1, 0.15) is 6.04 Å². The predicted molar refractivity (Wildman–Crippen MR) is 55.2 cm³/mol. The molecule has 1 saturated carbocycles. The van der Waals surface area contributed by atoms with E-state index in [0.29, 0.717) is 6.04 Å². The molecule has 1 aliphatic rings. The number of nitrogens with two attached hydrogens (primary N) is 1. The molecule has 86 valence electrons. The number of carboxylic acid groups (broad SMARTS) is 1. The van der Waals surface area contributed by atoms with Crippen LogP contribution in [-0.2, 0) is 9.59 Å². The Hall–Kier alpha value is -1.10. The summed E-state index contributed by atoms with van der Waals surface area (Å²) >= 11 is 0. The molecule has 1 rings (SSSR count). The standard InChI is InChI=1S/C10H18N2O3/c11-8(10(14)15)5-6-9(13)12-7-3-1-2-4-7/h7-8H,1-6,11H2,(H,12,13)(H,14,15). The van der Waals surface area contributed by atoms with Crippen molar-refractivity contribution in [3.63, 3.8) is 0 Å². The summed E-state index contributed by atoms with van der Waals surface area (Å²) in [6, 6.07) is -0.641. The van der Waals surface area contributed by atoms with E-state index in [9.17, 15) is 9.59 Å². The zero-order chi connectivity index (χ0) is 11.3. The Morgan fingerprint density at radius 1 is 1.40 bits per heavy atom. The van der Waals surface area contributed by atoms with Gasteiger partial charge in [0.15, 0.2) is 0 Å². The van der Waals surface area contributed by atoms with Crippen LogP contribution in [0.4, 0.5) is 0 Å². The van der Waals surface area contributed by atoms with Crippen LogP contribution in [0, 0.1) is 0 Å². The minimum atomic E-state index is -1.05. The van der Waals surface area contributed by atoms with Gasteiger partial charge in [0, 0.05) is 12.5 Å². The van der Waals surface area contributed by atoms with Crippen LogP contribution in [0.3, 0.4) is 0 Å². The number of hydrogen-bond acceptors (Lipinski definition) is 3.